The van der Waals surface area contributed by atoms with E-state index in [1.165, 1.54) is 154 Å². The Kier molecular flexibility index (Phi) is 50.9. The van der Waals surface area contributed by atoms with Crippen molar-refractivity contribution < 1.29 is 39.5 Å². The smallest absolute Gasteiger partial charge is 0.348 e. The Hall–Kier alpha value is -2.08. The number of benzene rings is 1. The number of nitrogens with zero attached hydrogens (tertiary/aromatic N) is 2. The van der Waals surface area contributed by atoms with Gasteiger partial charge in [-0.05, 0) is 75.9 Å². The maximum Gasteiger partial charge on any atom is 0.348 e. The lowest BCUT2D eigenvalue weighted by molar-refractivity contribution is -0.175. The SMILES string of the molecule is CCCCCCCCCCC(O)CN(CCCC(C)C(OC(=O)C(C)C(C)CCCN(CC(O)CCCCCCCCCC)C[C@H](O)CCCCCCCCCC)C(=O)OCc1ccccc1)CC(O)CCCCCCCCCC. The summed E-state index contributed by atoms with van der Waals surface area (Å²) < 4.78 is 12.1. The van der Waals surface area contributed by atoms with Crippen molar-refractivity contribution in [3.8, 4) is 0 Å². The van der Waals surface area contributed by atoms with E-state index in [-0.39, 0.29) is 18.4 Å². The number of unbranched alkanes of at least 4 members (excludes halogenated alkanes) is 28. The number of carbonyl (C=O) groups excluding carboxylic acids is 2. The maximum atomic E-state index is 14.1. The highest BCUT2D eigenvalue weighted by Gasteiger charge is 2.34. The Labute approximate surface area is 494 Å². The number of esters is 2. The van der Waals surface area contributed by atoms with Crippen LogP contribution in [0.4, 0.5) is 0 Å². The third kappa shape index (κ3) is 43.5. The van der Waals surface area contributed by atoms with E-state index in [2.05, 4.69) is 44.4 Å². The molecule has 0 saturated carbocycles. The molecule has 4 N–H and O–H groups in total. The Morgan fingerprint density at radius 3 is 1.01 bits per heavy atom. The fraction of sp³-hybridized carbons (Fsp3) is 0.886. The highest BCUT2D eigenvalue weighted by molar-refractivity contribution is 5.80. The molecule has 1 rings (SSSR count). The summed E-state index contributed by atoms with van der Waals surface area (Å²) >= 11 is 0. The fourth-order valence-electron chi connectivity index (χ4n) is 11.5. The summed E-state index contributed by atoms with van der Waals surface area (Å²) in [6.07, 6.45) is 42.3. The molecular formula is C70H132N2O8. The predicted molar refractivity (Wildman–Crippen MR) is 338 cm³/mol. The number of aliphatic hydroxyl groups excluding tert-OH is 4. The van der Waals surface area contributed by atoms with Crippen LogP contribution in [0.1, 0.15) is 311 Å². The second-order valence-electron chi connectivity index (χ2n) is 25.2. The van der Waals surface area contributed by atoms with Gasteiger partial charge in [0.1, 0.15) is 6.61 Å². The van der Waals surface area contributed by atoms with Crippen molar-refractivity contribution in [2.24, 2.45) is 17.8 Å². The van der Waals surface area contributed by atoms with Crippen LogP contribution in [0, 0.1) is 17.8 Å². The second-order valence-corrected chi connectivity index (χ2v) is 25.2. The van der Waals surface area contributed by atoms with Gasteiger partial charge in [-0.2, -0.15) is 0 Å². The third-order valence-electron chi connectivity index (χ3n) is 17.1. The van der Waals surface area contributed by atoms with Crippen molar-refractivity contribution in [3.63, 3.8) is 0 Å². The van der Waals surface area contributed by atoms with E-state index in [4.69, 9.17) is 9.47 Å². The van der Waals surface area contributed by atoms with E-state index in [1.807, 2.05) is 44.2 Å². The van der Waals surface area contributed by atoms with Gasteiger partial charge in [0.2, 0.25) is 6.10 Å². The quantitative estimate of drug-likeness (QED) is 0.0368. The minimum Gasteiger partial charge on any atom is -0.458 e. The monoisotopic (exact) mass is 1130 g/mol. The number of rotatable bonds is 59. The molecule has 1 aromatic carbocycles. The van der Waals surface area contributed by atoms with Gasteiger partial charge in [0.25, 0.3) is 0 Å². The van der Waals surface area contributed by atoms with Gasteiger partial charge in [0.15, 0.2) is 0 Å². The molecule has 470 valence electrons. The van der Waals surface area contributed by atoms with E-state index in [9.17, 15) is 30.0 Å². The van der Waals surface area contributed by atoms with Crippen molar-refractivity contribution in [2.45, 2.75) is 342 Å². The molecule has 0 aliphatic rings. The molecule has 0 radical (unpaired) electrons. The number of hydrogen-bond donors (Lipinski definition) is 4. The zero-order valence-electron chi connectivity index (χ0n) is 53.6. The largest absolute Gasteiger partial charge is 0.458 e. The molecule has 0 saturated heterocycles. The molecule has 0 fully saturated rings. The summed E-state index contributed by atoms with van der Waals surface area (Å²) in [7, 11) is 0. The summed E-state index contributed by atoms with van der Waals surface area (Å²) in [5.74, 6) is -1.74. The summed E-state index contributed by atoms with van der Waals surface area (Å²) in [6.45, 7) is 18.5. The molecule has 1 aromatic rings. The van der Waals surface area contributed by atoms with Crippen molar-refractivity contribution in [3.05, 3.63) is 35.9 Å². The van der Waals surface area contributed by atoms with E-state index in [0.29, 0.717) is 45.6 Å². The highest BCUT2D eigenvalue weighted by atomic mass is 16.6. The average molecular weight is 1130 g/mol. The zero-order chi connectivity index (χ0) is 58.7. The summed E-state index contributed by atoms with van der Waals surface area (Å²) in [5, 5.41) is 45.0. The minimum absolute atomic E-state index is 0.0202. The van der Waals surface area contributed by atoms with Crippen LogP contribution in [0.25, 0.3) is 0 Å². The van der Waals surface area contributed by atoms with Crippen molar-refractivity contribution in [1.29, 1.82) is 0 Å². The maximum absolute atomic E-state index is 14.1. The van der Waals surface area contributed by atoms with Crippen LogP contribution >= 0.6 is 0 Å². The van der Waals surface area contributed by atoms with Gasteiger partial charge in [-0.3, -0.25) is 14.6 Å². The van der Waals surface area contributed by atoms with Gasteiger partial charge in [-0.25, -0.2) is 4.79 Å². The summed E-state index contributed by atoms with van der Waals surface area (Å²) in [4.78, 5) is 32.6. The van der Waals surface area contributed by atoms with E-state index in [1.54, 1.807) is 0 Å². The molecule has 10 heteroatoms. The molecule has 0 heterocycles. The molecule has 8 atom stereocenters. The standard InChI is InChI=1S/C70H132N2O8/c1-8-12-16-20-24-28-32-39-49-64(73)55-71(56-65(74)50-40-33-29-25-21-17-13-9-2)53-43-45-60(5)62(7)69(77)80-68(70(78)79-59-63-47-37-36-38-48-63)61(6)46-44-54-72(57-66(75)51-41-34-30-26-22-18-14-10-3)58-67(76)52-42-35-31-27-23-19-15-11-4/h36-38,47-48,60-62,64-68,73-76H,8-35,39-46,49-59H2,1-7H3/t60?,61?,62?,64-,65?,66?,67?,68?/m1/s1. The van der Waals surface area contributed by atoms with Crippen LogP contribution in [-0.2, 0) is 25.7 Å². The molecule has 0 bridgehead atoms. The third-order valence-corrected chi connectivity index (χ3v) is 17.1. The van der Waals surface area contributed by atoms with Gasteiger partial charge in [-0.1, -0.05) is 284 Å². The second kappa shape index (κ2) is 53.6. The first-order chi connectivity index (χ1) is 38.8. The Bertz CT molecular complexity index is 1450. The molecular weight excluding hydrogens is 997 g/mol. The van der Waals surface area contributed by atoms with Crippen LogP contribution in [0.2, 0.25) is 0 Å². The van der Waals surface area contributed by atoms with Crippen molar-refractivity contribution in [1.82, 2.24) is 9.80 Å². The normalized spacial score (nSPS) is 15.0. The molecule has 0 aromatic heterocycles. The number of hydrogen-bond acceptors (Lipinski definition) is 10. The molecule has 0 amide bonds. The minimum atomic E-state index is -1.07. The Morgan fingerprint density at radius 1 is 0.388 bits per heavy atom. The van der Waals surface area contributed by atoms with Crippen LogP contribution in [0.15, 0.2) is 30.3 Å². The van der Waals surface area contributed by atoms with E-state index in [0.717, 1.165) is 102 Å². The van der Waals surface area contributed by atoms with Crippen LogP contribution in [0.5, 0.6) is 0 Å². The number of aliphatic hydroxyl groups is 4. The summed E-state index contributed by atoms with van der Waals surface area (Å²) in [5.41, 5.74) is 0.864. The van der Waals surface area contributed by atoms with Crippen molar-refractivity contribution in [2.75, 3.05) is 39.3 Å². The molecule has 0 aliphatic carbocycles. The first-order valence-electron chi connectivity index (χ1n) is 34.4. The fourth-order valence-corrected chi connectivity index (χ4v) is 11.5. The average Bonchev–Trinajstić information content (AvgIpc) is 3.44. The van der Waals surface area contributed by atoms with Crippen LogP contribution in [-0.4, -0.2) is 112 Å². The predicted octanol–water partition coefficient (Wildman–Crippen LogP) is 17.3. The number of carbonyl (C=O) groups is 2. The molecule has 7 unspecified atom stereocenters. The van der Waals surface area contributed by atoms with Gasteiger partial charge >= 0.3 is 11.9 Å². The lowest BCUT2D eigenvalue weighted by Crippen LogP contribution is -2.40. The zero-order valence-corrected chi connectivity index (χ0v) is 53.6. The van der Waals surface area contributed by atoms with Crippen LogP contribution in [0.3, 0.4) is 0 Å². The van der Waals surface area contributed by atoms with E-state index < -0.39 is 48.4 Å². The molecule has 0 aliphatic heterocycles. The molecule has 10 nitrogen and oxygen atoms in total. The topological polar surface area (TPSA) is 140 Å². The molecule has 80 heavy (non-hydrogen) atoms. The first kappa shape index (κ1) is 75.9. The Balaban J connectivity index is 3.02. The van der Waals surface area contributed by atoms with Gasteiger partial charge in [-0.15, -0.1) is 0 Å². The van der Waals surface area contributed by atoms with Crippen LogP contribution < -0.4 is 0 Å². The first-order valence-corrected chi connectivity index (χ1v) is 34.4. The number of ether oxygens (including phenoxy) is 2. The lowest BCUT2D eigenvalue weighted by atomic mass is 9.91. The van der Waals surface area contributed by atoms with Crippen molar-refractivity contribution >= 4 is 11.9 Å². The summed E-state index contributed by atoms with van der Waals surface area (Å²) in [6, 6.07) is 9.59. The van der Waals surface area contributed by atoms with Gasteiger partial charge in [0.05, 0.1) is 30.3 Å². The van der Waals surface area contributed by atoms with E-state index >= 15 is 0 Å². The van der Waals surface area contributed by atoms with Gasteiger partial charge < -0.3 is 29.9 Å². The highest BCUT2D eigenvalue weighted by Crippen LogP contribution is 2.25. The molecule has 0 spiro atoms. The lowest BCUT2D eigenvalue weighted by Gasteiger charge is -2.29. The van der Waals surface area contributed by atoms with Gasteiger partial charge in [0, 0.05) is 32.1 Å². The Morgan fingerprint density at radius 2 is 0.688 bits per heavy atom.